The molecule has 0 spiro atoms. The van der Waals surface area contributed by atoms with Crippen LogP contribution in [0.4, 0.5) is 0 Å². The molecule has 0 radical (unpaired) electrons. The predicted octanol–water partition coefficient (Wildman–Crippen LogP) is 4.52. The van der Waals surface area contributed by atoms with Crippen LogP contribution in [-0.2, 0) is 16.0 Å². The highest BCUT2D eigenvalue weighted by Crippen LogP contribution is 2.32. The zero-order valence-corrected chi connectivity index (χ0v) is 25.7. The van der Waals surface area contributed by atoms with E-state index in [1.165, 1.54) is 0 Å². The number of rotatable bonds is 19. The number of nitrogens with one attached hydrogen (secondary N) is 1. The van der Waals surface area contributed by atoms with Crippen LogP contribution in [0.25, 0.3) is 0 Å². The van der Waals surface area contributed by atoms with Gasteiger partial charge in [-0.25, -0.2) is 0 Å². The number of amides is 1. The standard InChI is InChI=1S/C33H52N2O6/c1-22(2)26(17-24-13-14-31(40-6)32(18-24)41-16-10-15-39-5)19-28(34)30(37)20-27(23(3)4)33(38)35-29(21-36)25-11-8-7-9-12-25/h7-9,11-14,18,22-23,26-30,36-37H,10,15-17,19-21,34H2,1-6H3,(H,35,38)/t26-,27-,28-,29+,30-/m0/s1. The fourth-order valence-electron chi connectivity index (χ4n) is 5.06. The Hall–Kier alpha value is -2.65. The number of nitrogens with two attached hydrogens (primary N) is 1. The highest BCUT2D eigenvalue weighted by Gasteiger charge is 2.31. The van der Waals surface area contributed by atoms with E-state index in [1.807, 2.05) is 62.4 Å². The van der Waals surface area contributed by atoms with Gasteiger partial charge in [-0.15, -0.1) is 0 Å². The van der Waals surface area contributed by atoms with Gasteiger partial charge < -0.3 is 35.5 Å². The summed E-state index contributed by atoms with van der Waals surface area (Å²) in [4.78, 5) is 13.2. The second kappa shape index (κ2) is 18.0. The Labute approximate surface area is 246 Å². The van der Waals surface area contributed by atoms with Crippen molar-refractivity contribution in [2.75, 3.05) is 34.0 Å². The molecule has 0 unspecified atom stereocenters. The van der Waals surface area contributed by atoms with Crippen LogP contribution in [0.3, 0.4) is 0 Å². The molecule has 5 atom stereocenters. The van der Waals surface area contributed by atoms with Crippen LogP contribution in [0.1, 0.15) is 64.1 Å². The molecule has 0 fully saturated rings. The molecule has 2 aromatic carbocycles. The van der Waals surface area contributed by atoms with Crippen LogP contribution in [0.2, 0.25) is 0 Å². The molecule has 0 aliphatic rings. The lowest BCUT2D eigenvalue weighted by atomic mass is 9.80. The van der Waals surface area contributed by atoms with E-state index in [1.54, 1.807) is 14.2 Å². The minimum absolute atomic E-state index is 0.00512. The lowest BCUT2D eigenvalue weighted by Crippen LogP contribution is -2.43. The summed E-state index contributed by atoms with van der Waals surface area (Å²) in [5.41, 5.74) is 8.52. The molecular formula is C33H52N2O6. The molecule has 41 heavy (non-hydrogen) atoms. The predicted molar refractivity (Wildman–Crippen MR) is 163 cm³/mol. The van der Waals surface area contributed by atoms with Gasteiger partial charge in [0.1, 0.15) is 0 Å². The Balaban J connectivity index is 2.05. The van der Waals surface area contributed by atoms with Crippen LogP contribution in [-0.4, -0.2) is 62.3 Å². The number of hydrogen-bond acceptors (Lipinski definition) is 7. The van der Waals surface area contributed by atoms with E-state index in [2.05, 4.69) is 19.2 Å². The van der Waals surface area contributed by atoms with E-state index in [0.29, 0.717) is 37.1 Å². The molecule has 0 saturated carbocycles. The summed E-state index contributed by atoms with van der Waals surface area (Å²) in [5, 5.41) is 24.0. The third kappa shape index (κ3) is 11.3. The molecule has 8 heteroatoms. The summed E-state index contributed by atoms with van der Waals surface area (Å²) in [6.45, 7) is 9.23. The molecule has 5 N–H and O–H groups in total. The molecule has 8 nitrogen and oxygen atoms in total. The summed E-state index contributed by atoms with van der Waals surface area (Å²) < 4.78 is 16.6. The third-order valence-corrected chi connectivity index (χ3v) is 7.83. The Bertz CT molecular complexity index is 1020. The maximum atomic E-state index is 13.2. The molecule has 2 rings (SSSR count). The van der Waals surface area contributed by atoms with Crippen molar-refractivity contribution < 1.29 is 29.2 Å². The van der Waals surface area contributed by atoms with E-state index >= 15 is 0 Å². The first-order valence-corrected chi connectivity index (χ1v) is 14.8. The Morgan fingerprint density at radius 1 is 0.951 bits per heavy atom. The number of hydrogen-bond donors (Lipinski definition) is 4. The zero-order chi connectivity index (χ0) is 30.4. The van der Waals surface area contributed by atoms with Crippen LogP contribution in [0.15, 0.2) is 48.5 Å². The molecule has 230 valence electrons. The van der Waals surface area contributed by atoms with E-state index in [0.717, 1.165) is 24.0 Å². The second-order valence-electron chi connectivity index (χ2n) is 11.6. The first kappa shape index (κ1) is 34.6. The van der Waals surface area contributed by atoms with Gasteiger partial charge in [-0.1, -0.05) is 64.1 Å². The zero-order valence-electron chi connectivity index (χ0n) is 25.7. The lowest BCUT2D eigenvalue weighted by Gasteiger charge is -2.30. The van der Waals surface area contributed by atoms with Gasteiger partial charge in [0.2, 0.25) is 5.91 Å². The first-order valence-electron chi connectivity index (χ1n) is 14.8. The van der Waals surface area contributed by atoms with Crippen molar-refractivity contribution in [1.82, 2.24) is 5.32 Å². The maximum absolute atomic E-state index is 13.2. The number of aliphatic hydroxyl groups is 2. The number of ether oxygens (including phenoxy) is 3. The Morgan fingerprint density at radius 2 is 1.66 bits per heavy atom. The average molecular weight is 573 g/mol. The molecule has 0 bridgehead atoms. The van der Waals surface area contributed by atoms with Crippen LogP contribution < -0.4 is 20.5 Å². The van der Waals surface area contributed by atoms with Gasteiger partial charge in [0.05, 0.1) is 32.5 Å². The van der Waals surface area contributed by atoms with Gasteiger partial charge in [0, 0.05) is 32.1 Å². The molecule has 1 amide bonds. The van der Waals surface area contributed by atoms with Crippen molar-refractivity contribution in [2.24, 2.45) is 29.4 Å². The molecule has 0 aliphatic carbocycles. The number of aliphatic hydroxyl groups excluding tert-OH is 2. The van der Waals surface area contributed by atoms with Gasteiger partial charge in [-0.3, -0.25) is 4.79 Å². The smallest absolute Gasteiger partial charge is 0.224 e. The minimum Gasteiger partial charge on any atom is -0.493 e. The highest BCUT2D eigenvalue weighted by molar-refractivity contribution is 5.79. The SMILES string of the molecule is COCCCOc1cc(C[C@@H](C[C@H](N)[C@@H](O)C[C@H](C(=O)N[C@H](CO)c2ccccc2)C(C)C)C(C)C)ccc1OC. The average Bonchev–Trinajstić information content (AvgIpc) is 2.96. The van der Waals surface area contributed by atoms with Crippen molar-refractivity contribution in [1.29, 1.82) is 0 Å². The summed E-state index contributed by atoms with van der Waals surface area (Å²) in [7, 11) is 3.30. The summed E-state index contributed by atoms with van der Waals surface area (Å²) in [6, 6.07) is 14.4. The highest BCUT2D eigenvalue weighted by atomic mass is 16.5. The second-order valence-corrected chi connectivity index (χ2v) is 11.6. The Kier molecular flexibility index (Phi) is 15.2. The molecule has 2 aromatic rings. The van der Waals surface area contributed by atoms with E-state index in [-0.39, 0.29) is 30.8 Å². The van der Waals surface area contributed by atoms with Crippen molar-refractivity contribution in [3.63, 3.8) is 0 Å². The fraction of sp³-hybridized carbons (Fsp3) is 0.606. The summed E-state index contributed by atoms with van der Waals surface area (Å²) >= 11 is 0. The maximum Gasteiger partial charge on any atom is 0.224 e. The lowest BCUT2D eigenvalue weighted by molar-refractivity contribution is -0.128. The Morgan fingerprint density at radius 3 is 2.24 bits per heavy atom. The molecule has 0 saturated heterocycles. The summed E-state index contributed by atoms with van der Waals surface area (Å²) in [6.07, 6.45) is 1.59. The van der Waals surface area contributed by atoms with Gasteiger partial charge in [0.15, 0.2) is 11.5 Å². The normalized spacial score (nSPS) is 15.3. The largest absolute Gasteiger partial charge is 0.493 e. The van der Waals surface area contributed by atoms with Gasteiger partial charge in [-0.2, -0.15) is 0 Å². The quantitative estimate of drug-likeness (QED) is 0.183. The van der Waals surface area contributed by atoms with Crippen LogP contribution >= 0.6 is 0 Å². The molecular weight excluding hydrogens is 520 g/mol. The van der Waals surface area contributed by atoms with Gasteiger partial charge in [0.25, 0.3) is 0 Å². The molecule has 0 aromatic heterocycles. The minimum atomic E-state index is -0.839. The summed E-state index contributed by atoms with van der Waals surface area (Å²) in [5.74, 6) is 1.31. The monoisotopic (exact) mass is 572 g/mol. The fourth-order valence-corrected chi connectivity index (χ4v) is 5.06. The molecule has 0 heterocycles. The third-order valence-electron chi connectivity index (χ3n) is 7.83. The van der Waals surface area contributed by atoms with Gasteiger partial charge in [-0.05, 0) is 60.3 Å². The van der Waals surface area contributed by atoms with E-state index in [9.17, 15) is 15.0 Å². The van der Waals surface area contributed by atoms with Crippen molar-refractivity contribution >= 4 is 5.91 Å². The van der Waals surface area contributed by atoms with Crippen LogP contribution in [0, 0.1) is 23.7 Å². The van der Waals surface area contributed by atoms with Crippen LogP contribution in [0.5, 0.6) is 11.5 Å². The first-order chi connectivity index (χ1) is 19.6. The van der Waals surface area contributed by atoms with E-state index in [4.69, 9.17) is 19.9 Å². The van der Waals surface area contributed by atoms with Crippen molar-refractivity contribution in [2.45, 2.75) is 71.6 Å². The number of carbonyl (C=O) groups is 1. The van der Waals surface area contributed by atoms with Gasteiger partial charge >= 0.3 is 0 Å². The number of benzene rings is 2. The number of carbonyl (C=O) groups excluding carboxylic acids is 1. The number of methoxy groups -OCH3 is 2. The topological polar surface area (TPSA) is 123 Å². The van der Waals surface area contributed by atoms with E-state index < -0.39 is 24.1 Å². The molecule has 0 aliphatic heterocycles. The van der Waals surface area contributed by atoms with Crippen molar-refractivity contribution in [3.8, 4) is 11.5 Å². The van der Waals surface area contributed by atoms with Crippen molar-refractivity contribution in [3.05, 3.63) is 59.7 Å².